The first-order valence-corrected chi connectivity index (χ1v) is 8.39. The number of hydrogen-bond acceptors (Lipinski definition) is 5. The predicted octanol–water partition coefficient (Wildman–Crippen LogP) is 2.18. The van der Waals surface area contributed by atoms with E-state index < -0.39 is 0 Å². The molecule has 0 spiro atoms. The van der Waals surface area contributed by atoms with E-state index in [2.05, 4.69) is 17.6 Å². The van der Waals surface area contributed by atoms with Gasteiger partial charge in [0.2, 0.25) is 5.91 Å². The van der Waals surface area contributed by atoms with Gasteiger partial charge in [-0.25, -0.2) is 0 Å². The van der Waals surface area contributed by atoms with E-state index in [4.69, 9.17) is 14.2 Å². The van der Waals surface area contributed by atoms with Crippen molar-refractivity contribution in [1.29, 1.82) is 0 Å². The smallest absolute Gasteiger partial charge is 0.223 e. The third-order valence-corrected chi connectivity index (χ3v) is 4.49. The van der Waals surface area contributed by atoms with E-state index in [0.717, 1.165) is 24.9 Å². The molecule has 1 saturated heterocycles. The van der Waals surface area contributed by atoms with Gasteiger partial charge in [0.25, 0.3) is 0 Å². The van der Waals surface area contributed by atoms with Gasteiger partial charge in [-0.1, -0.05) is 0 Å². The summed E-state index contributed by atoms with van der Waals surface area (Å²) in [6.45, 7) is 3.57. The van der Waals surface area contributed by atoms with Crippen molar-refractivity contribution in [3.8, 4) is 17.2 Å². The van der Waals surface area contributed by atoms with E-state index in [1.807, 2.05) is 12.1 Å². The van der Waals surface area contributed by atoms with Crippen LogP contribution in [0.1, 0.15) is 25.3 Å². The summed E-state index contributed by atoms with van der Waals surface area (Å²) in [6.07, 6.45) is 2.43. The molecule has 25 heavy (non-hydrogen) atoms. The van der Waals surface area contributed by atoms with Crippen LogP contribution in [-0.4, -0.2) is 46.4 Å². The van der Waals surface area contributed by atoms with E-state index in [1.54, 1.807) is 21.3 Å². The van der Waals surface area contributed by atoms with Crippen LogP contribution in [0.2, 0.25) is 0 Å². The van der Waals surface area contributed by atoms with Gasteiger partial charge >= 0.3 is 0 Å². The molecule has 0 saturated carbocycles. The Kier molecular flexibility index (Phi) is 8.86. The van der Waals surface area contributed by atoms with Crippen molar-refractivity contribution in [2.24, 2.45) is 5.92 Å². The van der Waals surface area contributed by atoms with Gasteiger partial charge in [0.05, 0.1) is 21.3 Å². The van der Waals surface area contributed by atoms with Crippen LogP contribution in [0.25, 0.3) is 0 Å². The van der Waals surface area contributed by atoms with E-state index in [9.17, 15) is 4.79 Å². The molecule has 1 heterocycles. The number of benzene rings is 1. The number of carbonyl (C=O) groups is 1. The maximum absolute atomic E-state index is 12.3. The molecule has 1 fully saturated rings. The summed E-state index contributed by atoms with van der Waals surface area (Å²) in [5, 5.41) is 6.41. The maximum Gasteiger partial charge on any atom is 0.223 e. The zero-order chi connectivity index (χ0) is 17.5. The van der Waals surface area contributed by atoms with Crippen LogP contribution in [0, 0.1) is 5.92 Å². The lowest BCUT2D eigenvalue weighted by Gasteiger charge is -2.27. The molecule has 0 aromatic heterocycles. The molecule has 142 valence electrons. The molecule has 2 N–H and O–H groups in total. The van der Waals surface area contributed by atoms with Crippen LogP contribution in [0.4, 0.5) is 0 Å². The Balaban J connectivity index is 0.00000312. The number of ether oxygens (including phenoxy) is 3. The van der Waals surface area contributed by atoms with Crippen LogP contribution in [-0.2, 0) is 11.2 Å². The summed E-state index contributed by atoms with van der Waals surface area (Å²) in [7, 11) is 4.84. The second-order valence-corrected chi connectivity index (χ2v) is 6.13. The summed E-state index contributed by atoms with van der Waals surface area (Å²) in [5.41, 5.74) is 0.930. The lowest BCUT2D eigenvalue weighted by molar-refractivity contribution is -0.126. The standard InChI is InChI=1S/C18H28N2O4.ClH/c1-12-9-13(5-7-19-12)18(21)20-8-6-15-16(23-3)10-14(22-2)11-17(15)24-4;/h10-13,19H,5-9H2,1-4H3,(H,20,21);1H/t12-,13-;/m0./s1. The first-order valence-electron chi connectivity index (χ1n) is 8.39. The van der Waals surface area contributed by atoms with Gasteiger partial charge in [-0.05, 0) is 32.7 Å². The highest BCUT2D eigenvalue weighted by molar-refractivity contribution is 5.85. The van der Waals surface area contributed by atoms with E-state index in [-0.39, 0.29) is 24.2 Å². The third kappa shape index (κ3) is 5.68. The number of carbonyl (C=O) groups excluding carboxylic acids is 1. The topological polar surface area (TPSA) is 68.8 Å². The Morgan fingerprint density at radius 1 is 1.20 bits per heavy atom. The second-order valence-electron chi connectivity index (χ2n) is 6.13. The maximum atomic E-state index is 12.3. The van der Waals surface area contributed by atoms with Gasteiger partial charge in [0, 0.05) is 36.2 Å². The molecule has 1 aromatic carbocycles. The number of amides is 1. The number of methoxy groups -OCH3 is 3. The van der Waals surface area contributed by atoms with E-state index in [0.29, 0.717) is 36.3 Å². The zero-order valence-electron chi connectivity index (χ0n) is 15.4. The van der Waals surface area contributed by atoms with Crippen molar-refractivity contribution < 1.29 is 19.0 Å². The summed E-state index contributed by atoms with van der Waals surface area (Å²) < 4.78 is 16.1. The largest absolute Gasteiger partial charge is 0.496 e. The fourth-order valence-electron chi connectivity index (χ4n) is 3.15. The van der Waals surface area contributed by atoms with Gasteiger partial charge in [-0.3, -0.25) is 4.79 Å². The molecule has 7 heteroatoms. The fraction of sp³-hybridized carbons (Fsp3) is 0.611. The van der Waals surface area contributed by atoms with Crippen LogP contribution in [0.3, 0.4) is 0 Å². The van der Waals surface area contributed by atoms with Crippen LogP contribution in [0.15, 0.2) is 12.1 Å². The quantitative estimate of drug-likeness (QED) is 0.767. The summed E-state index contributed by atoms with van der Waals surface area (Å²) in [4.78, 5) is 12.3. The number of rotatable bonds is 7. The second kappa shape index (κ2) is 10.4. The highest BCUT2D eigenvalue weighted by atomic mass is 35.5. The Morgan fingerprint density at radius 3 is 2.36 bits per heavy atom. The highest BCUT2D eigenvalue weighted by Gasteiger charge is 2.24. The average Bonchev–Trinajstić information content (AvgIpc) is 2.61. The van der Waals surface area contributed by atoms with Gasteiger partial charge in [-0.15, -0.1) is 12.4 Å². The predicted molar refractivity (Wildman–Crippen MR) is 100 cm³/mol. The van der Waals surface area contributed by atoms with Gasteiger partial charge < -0.3 is 24.8 Å². The van der Waals surface area contributed by atoms with Gasteiger partial charge in [0.1, 0.15) is 17.2 Å². The molecule has 1 aliphatic rings. The van der Waals surface area contributed by atoms with Gasteiger partial charge in [0.15, 0.2) is 0 Å². The Labute approximate surface area is 156 Å². The van der Waals surface area contributed by atoms with E-state index >= 15 is 0 Å². The summed E-state index contributed by atoms with van der Waals surface area (Å²) in [6, 6.07) is 4.05. The lowest BCUT2D eigenvalue weighted by Crippen LogP contribution is -2.42. The van der Waals surface area contributed by atoms with Crippen LogP contribution >= 0.6 is 12.4 Å². The normalized spacial score (nSPS) is 19.5. The molecule has 1 amide bonds. The highest BCUT2D eigenvalue weighted by Crippen LogP contribution is 2.34. The number of halogens is 1. The van der Waals surface area contributed by atoms with E-state index in [1.165, 1.54) is 0 Å². The molecule has 2 rings (SSSR count). The molecule has 0 aliphatic carbocycles. The fourth-order valence-corrected chi connectivity index (χ4v) is 3.15. The molecule has 1 aromatic rings. The molecule has 1 aliphatic heterocycles. The first-order chi connectivity index (χ1) is 11.6. The number of hydrogen-bond donors (Lipinski definition) is 2. The van der Waals surface area contributed by atoms with Crippen molar-refractivity contribution >= 4 is 18.3 Å². The summed E-state index contributed by atoms with van der Waals surface area (Å²) >= 11 is 0. The van der Waals surface area contributed by atoms with Crippen molar-refractivity contribution in [2.45, 2.75) is 32.2 Å². The zero-order valence-corrected chi connectivity index (χ0v) is 16.2. The Bertz CT molecular complexity index is 543. The molecule has 0 radical (unpaired) electrons. The summed E-state index contributed by atoms with van der Waals surface area (Å²) in [5.74, 6) is 2.32. The minimum absolute atomic E-state index is 0. The third-order valence-electron chi connectivity index (χ3n) is 4.49. The van der Waals surface area contributed by atoms with Gasteiger partial charge in [-0.2, -0.15) is 0 Å². The molecule has 2 atom stereocenters. The Morgan fingerprint density at radius 2 is 1.84 bits per heavy atom. The van der Waals surface area contributed by atoms with Crippen molar-refractivity contribution in [3.05, 3.63) is 17.7 Å². The van der Waals surface area contributed by atoms with Crippen LogP contribution in [0.5, 0.6) is 17.2 Å². The monoisotopic (exact) mass is 372 g/mol. The minimum Gasteiger partial charge on any atom is -0.496 e. The molecular formula is C18H29ClN2O4. The van der Waals surface area contributed by atoms with Crippen molar-refractivity contribution in [1.82, 2.24) is 10.6 Å². The lowest BCUT2D eigenvalue weighted by atomic mass is 9.92. The van der Waals surface area contributed by atoms with Crippen molar-refractivity contribution in [2.75, 3.05) is 34.4 Å². The van der Waals surface area contributed by atoms with Crippen molar-refractivity contribution in [3.63, 3.8) is 0 Å². The molecule has 0 unspecified atom stereocenters. The molecule has 0 bridgehead atoms. The average molecular weight is 373 g/mol. The number of piperidine rings is 1. The Hall–Kier alpha value is -1.66. The SMILES string of the molecule is COc1cc(OC)c(CCNC(=O)[C@H]2CCN[C@@H](C)C2)c(OC)c1.Cl. The number of nitrogens with one attached hydrogen (secondary N) is 2. The molecule has 6 nitrogen and oxygen atoms in total. The minimum atomic E-state index is 0. The molecular weight excluding hydrogens is 344 g/mol. The van der Waals surface area contributed by atoms with Crippen LogP contribution < -0.4 is 24.8 Å². The first kappa shape index (κ1) is 21.4.